The number of hydrogen-bond acceptors (Lipinski definition) is 0. The van der Waals surface area contributed by atoms with Gasteiger partial charge in [-0.25, -0.2) is 0 Å². The zero-order valence-corrected chi connectivity index (χ0v) is 2.78. The molecule has 0 atom stereocenters. The molecule has 0 unspecified atom stereocenters. The fourth-order valence-electron chi connectivity index (χ4n) is 0. The monoisotopic (exact) mass is 46.0 g/mol. The molecule has 0 rings (SSSR count). The van der Waals surface area contributed by atoms with Gasteiger partial charge < -0.3 is 12.3 Å². The fourth-order valence-corrected chi connectivity index (χ4v) is 0. The van der Waals surface area contributed by atoms with Crippen LogP contribution in [0.3, 0.4) is 0 Å². The van der Waals surface area contributed by atoms with Crippen molar-refractivity contribution in [2.45, 2.75) is 0 Å². The molecule has 0 aromatic heterocycles. The minimum atomic E-state index is 0. The van der Waals surface area contributed by atoms with Crippen LogP contribution in [0.15, 0.2) is 0 Å². The van der Waals surface area contributed by atoms with Crippen molar-refractivity contribution in [1.82, 2.24) is 0 Å². The van der Waals surface area contributed by atoms with E-state index in [1.807, 2.05) is 5.92 Å². The first-order valence-corrected chi connectivity index (χ1v) is 0.642. The summed E-state index contributed by atoms with van der Waals surface area (Å²) in [4.78, 5) is 0. The van der Waals surface area contributed by atoms with E-state index in [1.165, 1.54) is 0 Å². The van der Waals surface area contributed by atoms with Gasteiger partial charge in [0.1, 0.15) is 0 Å². The molecule has 0 bridgehead atoms. The van der Waals surface area contributed by atoms with Crippen LogP contribution in [0.2, 0.25) is 0 Å². The molecule has 16 valence electrons. The molecule has 4 heavy (non-hydrogen) atoms. The van der Waals surface area contributed by atoms with E-state index >= 15 is 0 Å². The Bertz CT molecular complexity index is 24.8. The molecule has 1 heteroatoms. The molecule has 0 spiro atoms. The molecule has 0 N–H and O–H groups in total. The fraction of sp³-hybridized carbons (Fsp3) is 0. The van der Waals surface area contributed by atoms with E-state index in [2.05, 4.69) is 13.3 Å². The van der Waals surface area contributed by atoms with E-state index in [9.17, 15) is 0 Å². The van der Waals surface area contributed by atoms with Gasteiger partial charge in [0, 0.05) is 0 Å². The SMILES string of the molecule is C#C[CH2-].[Li+]. The van der Waals surface area contributed by atoms with Crippen LogP contribution in [-0.2, 0) is 0 Å². The third-order valence-electron chi connectivity index (χ3n) is 0. The van der Waals surface area contributed by atoms with Gasteiger partial charge in [-0.2, -0.15) is 6.92 Å². The smallest absolute Gasteiger partial charge is 0.345 e. The van der Waals surface area contributed by atoms with Crippen molar-refractivity contribution in [1.29, 1.82) is 0 Å². The molecular weight excluding hydrogens is 43.0 g/mol. The second kappa shape index (κ2) is 11.8. The minimum absolute atomic E-state index is 0. The maximum absolute atomic E-state index is 4.49. The summed E-state index contributed by atoms with van der Waals surface area (Å²) >= 11 is 0. The third-order valence-corrected chi connectivity index (χ3v) is 0. The average Bonchev–Trinajstić information content (AvgIpc) is 0.918. The maximum Gasteiger partial charge on any atom is 1.00 e. The zero-order valence-electron chi connectivity index (χ0n) is 2.78. The molecule has 0 aliphatic heterocycles. The second-order valence-corrected chi connectivity index (χ2v) is 0.204. The summed E-state index contributed by atoms with van der Waals surface area (Å²) in [7, 11) is 0. The van der Waals surface area contributed by atoms with Crippen LogP contribution in [0.25, 0.3) is 0 Å². The molecular formula is C3H3Li. The van der Waals surface area contributed by atoms with E-state index in [0.29, 0.717) is 0 Å². The van der Waals surface area contributed by atoms with Crippen LogP contribution in [0.1, 0.15) is 0 Å². The third kappa shape index (κ3) is 2850. The Morgan fingerprint density at radius 1 is 1.75 bits per heavy atom. The van der Waals surface area contributed by atoms with Crippen LogP contribution >= 0.6 is 0 Å². The van der Waals surface area contributed by atoms with Crippen molar-refractivity contribution < 1.29 is 18.9 Å². The van der Waals surface area contributed by atoms with Gasteiger partial charge in [-0.15, -0.1) is 0 Å². The van der Waals surface area contributed by atoms with Crippen molar-refractivity contribution in [3.63, 3.8) is 0 Å². The Morgan fingerprint density at radius 3 is 1.75 bits per heavy atom. The predicted molar refractivity (Wildman–Crippen MR) is 14.2 cm³/mol. The summed E-state index contributed by atoms with van der Waals surface area (Å²) in [6.45, 7) is 3.01. The van der Waals surface area contributed by atoms with Gasteiger partial charge in [0.2, 0.25) is 0 Å². The Hall–Kier alpha value is 0.0274. The van der Waals surface area contributed by atoms with Gasteiger partial charge in [0.25, 0.3) is 0 Å². The summed E-state index contributed by atoms with van der Waals surface area (Å²) in [5, 5.41) is 0. The molecule has 0 radical (unpaired) electrons. The molecule has 0 aliphatic carbocycles. The molecule has 0 fully saturated rings. The zero-order chi connectivity index (χ0) is 2.71. The Morgan fingerprint density at radius 2 is 1.75 bits per heavy atom. The van der Waals surface area contributed by atoms with Crippen molar-refractivity contribution >= 4 is 0 Å². The molecule has 0 nitrogen and oxygen atoms in total. The first kappa shape index (κ1) is 8.98. The Balaban J connectivity index is 0. The minimum Gasteiger partial charge on any atom is -0.345 e. The molecule has 0 saturated carbocycles. The molecule has 0 amide bonds. The van der Waals surface area contributed by atoms with Crippen molar-refractivity contribution in [2.75, 3.05) is 0 Å². The van der Waals surface area contributed by atoms with Gasteiger partial charge >= 0.3 is 18.9 Å². The average molecular weight is 46.0 g/mol. The quantitative estimate of drug-likeness (QED) is 0.160. The maximum atomic E-state index is 4.49. The molecule has 0 aliphatic rings. The Kier molecular flexibility index (Phi) is 26.5. The number of rotatable bonds is 0. The van der Waals surface area contributed by atoms with Crippen molar-refractivity contribution in [2.24, 2.45) is 0 Å². The molecule has 0 heterocycles. The first-order chi connectivity index (χ1) is 1.41. The van der Waals surface area contributed by atoms with E-state index in [-0.39, 0.29) is 18.9 Å². The van der Waals surface area contributed by atoms with Crippen LogP contribution in [0.4, 0.5) is 0 Å². The second-order valence-electron chi connectivity index (χ2n) is 0.204. The van der Waals surface area contributed by atoms with Gasteiger partial charge in [-0.3, -0.25) is 0 Å². The first-order valence-electron chi connectivity index (χ1n) is 0.642. The summed E-state index contributed by atoms with van der Waals surface area (Å²) in [6, 6.07) is 0. The van der Waals surface area contributed by atoms with Crippen LogP contribution < -0.4 is 18.9 Å². The van der Waals surface area contributed by atoms with E-state index in [4.69, 9.17) is 0 Å². The normalized spacial score (nSPS) is 1.75. The molecule has 0 aromatic carbocycles. The van der Waals surface area contributed by atoms with Crippen molar-refractivity contribution in [3.05, 3.63) is 6.92 Å². The van der Waals surface area contributed by atoms with Gasteiger partial charge in [0.15, 0.2) is 0 Å². The van der Waals surface area contributed by atoms with E-state index < -0.39 is 0 Å². The van der Waals surface area contributed by atoms with Gasteiger partial charge in [0.05, 0.1) is 0 Å². The van der Waals surface area contributed by atoms with Crippen LogP contribution in [0, 0.1) is 19.3 Å². The van der Waals surface area contributed by atoms with Crippen LogP contribution in [-0.4, -0.2) is 0 Å². The van der Waals surface area contributed by atoms with Gasteiger partial charge in [-0.05, 0) is 0 Å². The Labute approximate surface area is 38.8 Å². The van der Waals surface area contributed by atoms with Crippen LogP contribution in [0.5, 0.6) is 0 Å². The standard InChI is InChI=1S/C3H3.Li/c1-3-2;/h1H,2H2;/q-1;+1. The molecule has 0 saturated heterocycles. The largest absolute Gasteiger partial charge is 1.00 e. The summed E-state index contributed by atoms with van der Waals surface area (Å²) in [5.74, 6) is 2.00. The molecule has 0 aromatic rings. The predicted octanol–water partition coefficient (Wildman–Crippen LogP) is -2.54. The summed E-state index contributed by atoms with van der Waals surface area (Å²) < 4.78 is 0. The van der Waals surface area contributed by atoms with E-state index in [1.54, 1.807) is 0 Å². The van der Waals surface area contributed by atoms with Gasteiger partial charge in [-0.1, -0.05) is 0 Å². The summed E-state index contributed by atoms with van der Waals surface area (Å²) in [5.41, 5.74) is 0. The van der Waals surface area contributed by atoms with Crippen molar-refractivity contribution in [3.8, 4) is 12.3 Å². The van der Waals surface area contributed by atoms with E-state index in [0.717, 1.165) is 0 Å². The number of terminal acetylenes is 1. The summed E-state index contributed by atoms with van der Waals surface area (Å²) in [6.07, 6.45) is 4.49. The topological polar surface area (TPSA) is 0 Å². The number of hydrogen-bond donors (Lipinski definition) is 0.